The summed E-state index contributed by atoms with van der Waals surface area (Å²) in [4.78, 5) is 25.0. The van der Waals surface area contributed by atoms with Crippen LogP contribution in [0.1, 0.15) is 38.5 Å². The molecule has 1 heterocycles. The Bertz CT molecular complexity index is 377. The van der Waals surface area contributed by atoms with E-state index in [-0.39, 0.29) is 11.8 Å². The van der Waals surface area contributed by atoms with E-state index in [9.17, 15) is 14.7 Å². The molecule has 2 aliphatic rings. The van der Waals surface area contributed by atoms with E-state index in [2.05, 4.69) is 5.92 Å². The van der Waals surface area contributed by atoms with Crippen LogP contribution in [-0.2, 0) is 9.59 Å². The van der Waals surface area contributed by atoms with Crippen molar-refractivity contribution in [2.75, 3.05) is 6.54 Å². The fourth-order valence-electron chi connectivity index (χ4n) is 2.97. The number of terminal acetylenes is 1. The maximum atomic E-state index is 11.9. The quantitative estimate of drug-likeness (QED) is 0.733. The molecule has 1 aliphatic heterocycles. The summed E-state index contributed by atoms with van der Waals surface area (Å²) in [6.45, 7) is 0.404. The zero-order chi connectivity index (χ0) is 12.5. The molecule has 2 rings (SSSR count). The van der Waals surface area contributed by atoms with E-state index in [1.54, 1.807) is 0 Å². The van der Waals surface area contributed by atoms with Gasteiger partial charge in [-0.25, -0.2) is 4.79 Å². The lowest BCUT2D eigenvalue weighted by molar-refractivity contribution is -0.159. The molecule has 2 fully saturated rings. The molecule has 0 spiro atoms. The molecule has 1 aliphatic carbocycles. The van der Waals surface area contributed by atoms with Crippen LogP contribution in [0.3, 0.4) is 0 Å². The Labute approximate surface area is 101 Å². The van der Waals surface area contributed by atoms with Gasteiger partial charge in [-0.3, -0.25) is 4.79 Å². The highest BCUT2D eigenvalue weighted by molar-refractivity contribution is 5.88. The summed E-state index contributed by atoms with van der Waals surface area (Å²) in [5.74, 6) is 1.47. The van der Waals surface area contributed by atoms with Crippen molar-refractivity contribution in [3.8, 4) is 12.3 Å². The minimum absolute atomic E-state index is 0.0998. The van der Waals surface area contributed by atoms with Gasteiger partial charge in [-0.2, -0.15) is 0 Å². The Hall–Kier alpha value is -1.50. The molecule has 1 saturated carbocycles. The number of nitrogens with zero attached hydrogens (tertiary/aromatic N) is 1. The minimum atomic E-state index is -0.985. The highest BCUT2D eigenvalue weighted by Crippen LogP contribution is 2.37. The molecule has 0 radical (unpaired) electrons. The second-order valence-corrected chi connectivity index (χ2v) is 4.97. The van der Waals surface area contributed by atoms with Crippen molar-refractivity contribution < 1.29 is 14.7 Å². The van der Waals surface area contributed by atoms with Crippen molar-refractivity contribution in [2.24, 2.45) is 5.92 Å². The van der Waals surface area contributed by atoms with Gasteiger partial charge < -0.3 is 10.0 Å². The van der Waals surface area contributed by atoms with Crippen molar-refractivity contribution in [3.05, 3.63) is 0 Å². The number of carbonyl (C=O) groups is 2. The fraction of sp³-hybridized carbons (Fsp3) is 0.692. The minimum Gasteiger partial charge on any atom is -0.479 e. The summed E-state index contributed by atoms with van der Waals surface area (Å²) >= 11 is 0. The topological polar surface area (TPSA) is 57.6 Å². The molecule has 92 valence electrons. The predicted molar refractivity (Wildman–Crippen MR) is 62.1 cm³/mol. The largest absolute Gasteiger partial charge is 0.479 e. The number of likely N-dealkylation sites (tertiary alicyclic amines) is 1. The molecule has 0 aromatic heterocycles. The summed E-state index contributed by atoms with van der Waals surface area (Å²) in [5.41, 5.74) is -0.985. The lowest BCUT2D eigenvalue weighted by Crippen LogP contribution is -2.56. The monoisotopic (exact) mass is 235 g/mol. The SMILES string of the molecule is C#CC1CC(=O)N(C2(C(=O)O)CCCCC2)C1. The van der Waals surface area contributed by atoms with Crippen molar-refractivity contribution in [1.29, 1.82) is 0 Å². The number of hydrogen-bond acceptors (Lipinski definition) is 2. The van der Waals surface area contributed by atoms with Gasteiger partial charge in [-0.1, -0.05) is 19.3 Å². The van der Waals surface area contributed by atoms with Gasteiger partial charge in [-0.15, -0.1) is 12.3 Å². The van der Waals surface area contributed by atoms with Gasteiger partial charge in [0.05, 0.1) is 0 Å². The highest BCUT2D eigenvalue weighted by atomic mass is 16.4. The van der Waals surface area contributed by atoms with Crippen LogP contribution in [-0.4, -0.2) is 34.0 Å². The first-order valence-electron chi connectivity index (χ1n) is 6.10. The molecule has 1 amide bonds. The number of aliphatic carboxylic acids is 1. The smallest absolute Gasteiger partial charge is 0.329 e. The Kier molecular flexibility index (Phi) is 3.10. The van der Waals surface area contributed by atoms with Crippen LogP contribution in [0.2, 0.25) is 0 Å². The molecule has 0 bridgehead atoms. The first-order chi connectivity index (χ1) is 8.10. The van der Waals surface area contributed by atoms with E-state index in [0.717, 1.165) is 19.3 Å². The van der Waals surface area contributed by atoms with E-state index >= 15 is 0 Å². The molecule has 1 unspecified atom stereocenters. The van der Waals surface area contributed by atoms with Crippen LogP contribution < -0.4 is 0 Å². The van der Waals surface area contributed by atoms with Crippen LogP contribution in [0.15, 0.2) is 0 Å². The predicted octanol–water partition coefficient (Wildman–Crippen LogP) is 1.26. The van der Waals surface area contributed by atoms with Gasteiger partial charge in [0, 0.05) is 18.9 Å². The normalized spacial score (nSPS) is 27.8. The fourth-order valence-corrected chi connectivity index (χ4v) is 2.97. The van der Waals surface area contributed by atoms with E-state index < -0.39 is 11.5 Å². The second-order valence-electron chi connectivity index (χ2n) is 4.97. The molecule has 4 nitrogen and oxygen atoms in total. The van der Waals surface area contributed by atoms with Crippen LogP contribution in [0, 0.1) is 18.3 Å². The number of rotatable bonds is 2. The number of amides is 1. The third-order valence-electron chi connectivity index (χ3n) is 3.96. The third kappa shape index (κ3) is 1.90. The lowest BCUT2D eigenvalue weighted by Gasteiger charge is -2.41. The Morgan fingerprint density at radius 2 is 2.06 bits per heavy atom. The maximum absolute atomic E-state index is 11.9. The standard InChI is InChI=1S/C13H17NO3/c1-2-10-8-11(15)14(9-10)13(12(16)17)6-4-3-5-7-13/h1,10H,3-9H2,(H,16,17). The molecule has 0 aromatic rings. The molecule has 1 N–H and O–H groups in total. The third-order valence-corrected chi connectivity index (χ3v) is 3.96. The second kappa shape index (κ2) is 4.40. The molecule has 1 atom stereocenters. The first kappa shape index (κ1) is 12.0. The maximum Gasteiger partial charge on any atom is 0.329 e. The lowest BCUT2D eigenvalue weighted by atomic mass is 9.80. The Morgan fingerprint density at radius 3 is 2.53 bits per heavy atom. The van der Waals surface area contributed by atoms with Crippen molar-refractivity contribution in [1.82, 2.24) is 4.90 Å². The molecular formula is C13H17NO3. The van der Waals surface area contributed by atoms with Gasteiger partial charge in [0.1, 0.15) is 5.54 Å². The summed E-state index contributed by atoms with van der Waals surface area (Å²) in [6, 6.07) is 0. The number of hydrogen-bond donors (Lipinski definition) is 1. The van der Waals surface area contributed by atoms with Crippen molar-refractivity contribution in [3.63, 3.8) is 0 Å². The summed E-state index contributed by atoms with van der Waals surface area (Å²) in [5, 5.41) is 9.48. The highest BCUT2D eigenvalue weighted by Gasteiger charge is 2.50. The number of carboxylic acids is 1. The van der Waals surface area contributed by atoms with Crippen LogP contribution in [0.5, 0.6) is 0 Å². The first-order valence-corrected chi connectivity index (χ1v) is 6.10. The molecule has 17 heavy (non-hydrogen) atoms. The molecule has 4 heteroatoms. The van der Waals surface area contributed by atoms with E-state index in [4.69, 9.17) is 6.42 Å². The molecular weight excluding hydrogens is 218 g/mol. The zero-order valence-electron chi connectivity index (χ0n) is 9.82. The van der Waals surface area contributed by atoms with E-state index in [1.165, 1.54) is 4.90 Å². The van der Waals surface area contributed by atoms with Crippen molar-refractivity contribution >= 4 is 11.9 Å². The number of carboxylic acid groups (broad SMARTS) is 1. The van der Waals surface area contributed by atoms with Crippen LogP contribution >= 0.6 is 0 Å². The summed E-state index contributed by atoms with van der Waals surface area (Å²) in [7, 11) is 0. The number of carbonyl (C=O) groups excluding carboxylic acids is 1. The Morgan fingerprint density at radius 1 is 1.41 bits per heavy atom. The molecule has 0 aromatic carbocycles. The zero-order valence-corrected chi connectivity index (χ0v) is 9.82. The van der Waals surface area contributed by atoms with E-state index in [1.807, 2.05) is 0 Å². The Balaban J connectivity index is 2.25. The molecule has 1 saturated heterocycles. The average Bonchev–Trinajstić information content (AvgIpc) is 2.71. The summed E-state index contributed by atoms with van der Waals surface area (Å²) in [6.07, 6.45) is 9.54. The van der Waals surface area contributed by atoms with Crippen LogP contribution in [0.25, 0.3) is 0 Å². The average molecular weight is 235 g/mol. The van der Waals surface area contributed by atoms with E-state index in [0.29, 0.717) is 25.8 Å². The van der Waals surface area contributed by atoms with Crippen molar-refractivity contribution in [2.45, 2.75) is 44.1 Å². The van der Waals surface area contributed by atoms with Gasteiger partial charge >= 0.3 is 5.97 Å². The van der Waals surface area contributed by atoms with Gasteiger partial charge in [0.2, 0.25) is 5.91 Å². The van der Waals surface area contributed by atoms with Gasteiger partial charge in [-0.05, 0) is 12.8 Å². The van der Waals surface area contributed by atoms with Gasteiger partial charge in [0.15, 0.2) is 0 Å². The van der Waals surface area contributed by atoms with Gasteiger partial charge in [0.25, 0.3) is 0 Å². The van der Waals surface area contributed by atoms with Crippen LogP contribution in [0.4, 0.5) is 0 Å². The summed E-state index contributed by atoms with van der Waals surface area (Å²) < 4.78 is 0.